The van der Waals surface area contributed by atoms with Crippen LogP contribution < -0.4 is 5.69 Å². The van der Waals surface area contributed by atoms with Crippen LogP contribution in [0.3, 0.4) is 0 Å². The number of benzene rings is 1. The predicted molar refractivity (Wildman–Crippen MR) is 106 cm³/mol. The highest BCUT2D eigenvalue weighted by atomic mass is 32.2. The van der Waals surface area contributed by atoms with E-state index in [4.69, 9.17) is 4.74 Å². The average Bonchev–Trinajstić information content (AvgIpc) is 3.26. The Morgan fingerprint density at radius 3 is 2.66 bits per heavy atom. The normalized spacial score (nSPS) is 18.6. The van der Waals surface area contributed by atoms with Gasteiger partial charge in [0.2, 0.25) is 0 Å². The van der Waals surface area contributed by atoms with Crippen LogP contribution in [0.25, 0.3) is 0 Å². The number of hydrogen-bond acceptors (Lipinski definition) is 7. The summed E-state index contributed by atoms with van der Waals surface area (Å²) in [5.41, 5.74) is 0.309. The quantitative estimate of drug-likeness (QED) is 0.560. The number of imidazole rings is 1. The Morgan fingerprint density at radius 1 is 1.34 bits per heavy atom. The predicted octanol–water partition coefficient (Wildman–Crippen LogP) is 2.14. The maximum Gasteiger partial charge on any atom is 0.410 e. The molecule has 0 bridgehead atoms. The van der Waals surface area contributed by atoms with Gasteiger partial charge in [-0.2, -0.15) is 0 Å². The number of aromatic amines is 1. The molecule has 1 fully saturated rings. The van der Waals surface area contributed by atoms with Crippen LogP contribution in [0.2, 0.25) is 0 Å². The van der Waals surface area contributed by atoms with E-state index in [0.29, 0.717) is 25.1 Å². The lowest BCUT2D eigenvalue weighted by atomic mass is 10.2. The Kier molecular flexibility index (Phi) is 6.37. The van der Waals surface area contributed by atoms with Crippen molar-refractivity contribution in [3.05, 3.63) is 62.8 Å². The fourth-order valence-electron chi connectivity index (χ4n) is 3.25. The number of aromatic nitrogens is 2. The van der Waals surface area contributed by atoms with Gasteiger partial charge in [0.25, 0.3) is 5.69 Å². The summed E-state index contributed by atoms with van der Waals surface area (Å²) in [4.78, 5) is 50.2. The number of rotatable bonds is 6. The van der Waals surface area contributed by atoms with Gasteiger partial charge in [-0.1, -0.05) is 11.8 Å². The summed E-state index contributed by atoms with van der Waals surface area (Å²) < 4.78 is 6.85. The number of likely N-dealkylation sites (tertiary alicyclic amines) is 1. The summed E-state index contributed by atoms with van der Waals surface area (Å²) in [5, 5.41) is 10.6. The van der Waals surface area contributed by atoms with Gasteiger partial charge in [-0.25, -0.2) is 9.59 Å². The minimum absolute atomic E-state index is 0.0331. The van der Waals surface area contributed by atoms with Gasteiger partial charge in [0.1, 0.15) is 6.61 Å². The molecule has 29 heavy (non-hydrogen) atoms. The lowest BCUT2D eigenvalue weighted by molar-refractivity contribution is -0.384. The molecule has 1 saturated heterocycles. The van der Waals surface area contributed by atoms with Crippen LogP contribution in [0.4, 0.5) is 10.5 Å². The zero-order chi connectivity index (χ0) is 21.0. The SMILES string of the molecule is CC(=O)S[C@H]1C[C@@H](Cn2cc[nH]c2=O)N(C(=O)OCc2ccc([N+](=O)[O-])cc2)C1. The van der Waals surface area contributed by atoms with E-state index in [9.17, 15) is 24.5 Å². The first kappa shape index (κ1) is 20.6. The molecule has 1 aromatic carbocycles. The van der Waals surface area contributed by atoms with Gasteiger partial charge < -0.3 is 14.6 Å². The fourth-order valence-corrected chi connectivity index (χ4v) is 4.28. The van der Waals surface area contributed by atoms with Crippen molar-refractivity contribution in [3.8, 4) is 0 Å². The van der Waals surface area contributed by atoms with Gasteiger partial charge in [-0.3, -0.25) is 19.5 Å². The molecule has 0 unspecified atom stereocenters. The van der Waals surface area contributed by atoms with E-state index in [1.165, 1.54) is 58.6 Å². The molecule has 0 radical (unpaired) electrons. The lowest BCUT2D eigenvalue weighted by Crippen LogP contribution is -2.40. The van der Waals surface area contributed by atoms with E-state index < -0.39 is 11.0 Å². The highest BCUT2D eigenvalue weighted by molar-refractivity contribution is 8.14. The molecule has 0 aliphatic carbocycles. The van der Waals surface area contributed by atoms with Crippen LogP contribution in [-0.2, 0) is 22.7 Å². The monoisotopic (exact) mass is 420 g/mol. The summed E-state index contributed by atoms with van der Waals surface area (Å²) in [6.45, 7) is 2.08. The van der Waals surface area contributed by atoms with Crippen molar-refractivity contribution in [2.75, 3.05) is 6.54 Å². The van der Waals surface area contributed by atoms with E-state index in [0.717, 1.165) is 0 Å². The van der Waals surface area contributed by atoms with Gasteiger partial charge in [0, 0.05) is 49.8 Å². The van der Waals surface area contributed by atoms with Gasteiger partial charge in [-0.05, 0) is 24.1 Å². The molecule has 1 aliphatic heterocycles. The second-order valence-corrected chi connectivity index (χ2v) is 8.15. The molecule has 2 heterocycles. The summed E-state index contributed by atoms with van der Waals surface area (Å²) in [7, 11) is 0. The molecule has 1 amide bonds. The van der Waals surface area contributed by atoms with E-state index in [2.05, 4.69) is 4.98 Å². The van der Waals surface area contributed by atoms with Gasteiger partial charge in [0.15, 0.2) is 5.12 Å². The second kappa shape index (κ2) is 8.95. The minimum Gasteiger partial charge on any atom is -0.445 e. The molecule has 1 aromatic heterocycles. The molecule has 0 saturated carbocycles. The number of amides is 1. The van der Waals surface area contributed by atoms with Crippen molar-refractivity contribution < 1.29 is 19.2 Å². The molecule has 11 heteroatoms. The third-order valence-corrected chi connectivity index (χ3v) is 5.59. The Labute approximate surface area is 170 Å². The van der Waals surface area contributed by atoms with Crippen molar-refractivity contribution >= 4 is 28.7 Å². The fraction of sp³-hybridized carbons (Fsp3) is 0.389. The number of hydrogen-bond donors (Lipinski definition) is 1. The third-order valence-electron chi connectivity index (χ3n) is 4.58. The number of carbonyl (C=O) groups excluding carboxylic acids is 2. The Morgan fingerprint density at radius 2 is 2.07 bits per heavy atom. The molecule has 3 rings (SSSR count). The van der Waals surface area contributed by atoms with Crippen LogP contribution in [-0.4, -0.2) is 48.4 Å². The molecule has 1 N–H and O–H groups in total. The van der Waals surface area contributed by atoms with Crippen molar-refractivity contribution in [3.63, 3.8) is 0 Å². The number of nitro groups is 1. The van der Waals surface area contributed by atoms with E-state index in [1.807, 2.05) is 0 Å². The topological polar surface area (TPSA) is 128 Å². The number of nitrogens with one attached hydrogen (secondary N) is 1. The molecule has 2 atom stereocenters. The van der Waals surface area contributed by atoms with E-state index >= 15 is 0 Å². The highest BCUT2D eigenvalue weighted by Crippen LogP contribution is 2.29. The zero-order valence-corrected chi connectivity index (χ0v) is 16.5. The molecule has 1 aliphatic rings. The number of ether oxygens (including phenoxy) is 1. The summed E-state index contributed by atoms with van der Waals surface area (Å²) in [5.74, 6) is 0. The largest absolute Gasteiger partial charge is 0.445 e. The van der Waals surface area contributed by atoms with Crippen LogP contribution in [0.15, 0.2) is 41.5 Å². The van der Waals surface area contributed by atoms with E-state index in [-0.39, 0.29) is 34.4 Å². The summed E-state index contributed by atoms with van der Waals surface area (Å²) in [6, 6.07) is 5.46. The third kappa shape index (κ3) is 5.25. The van der Waals surface area contributed by atoms with Gasteiger partial charge in [0.05, 0.1) is 11.0 Å². The first-order chi connectivity index (χ1) is 13.8. The highest BCUT2D eigenvalue weighted by Gasteiger charge is 2.37. The molecule has 10 nitrogen and oxygen atoms in total. The first-order valence-electron chi connectivity index (χ1n) is 8.91. The van der Waals surface area contributed by atoms with Gasteiger partial charge in [-0.15, -0.1) is 0 Å². The minimum atomic E-state index is -0.552. The number of nitrogens with zero attached hydrogens (tertiary/aromatic N) is 3. The standard InChI is InChI=1S/C18H20N4O6S/c1-12(23)29-16-8-15(9-20-7-6-19-17(20)24)21(10-16)18(25)28-11-13-2-4-14(5-3-13)22(26)27/h2-7,15-16H,8-11H2,1H3,(H,19,24)/t15-,16-/m0/s1. The first-order valence-corrected chi connectivity index (χ1v) is 9.79. The van der Waals surface area contributed by atoms with Crippen LogP contribution in [0.1, 0.15) is 18.9 Å². The maximum atomic E-state index is 12.7. The number of thioether (sulfide) groups is 1. The Hall–Kier alpha value is -3.08. The number of non-ortho nitro benzene ring substituents is 1. The lowest BCUT2D eigenvalue weighted by Gasteiger charge is -2.24. The Balaban J connectivity index is 1.66. The summed E-state index contributed by atoms with van der Waals surface area (Å²) in [6.07, 6.45) is 3.14. The molecular weight excluding hydrogens is 400 g/mol. The van der Waals surface area contributed by atoms with Crippen molar-refractivity contribution in [2.24, 2.45) is 0 Å². The van der Waals surface area contributed by atoms with Crippen LogP contribution in [0, 0.1) is 10.1 Å². The zero-order valence-electron chi connectivity index (χ0n) is 15.6. The van der Waals surface area contributed by atoms with Crippen molar-refractivity contribution in [2.45, 2.75) is 37.8 Å². The van der Waals surface area contributed by atoms with E-state index in [1.54, 1.807) is 6.20 Å². The van der Waals surface area contributed by atoms with Crippen molar-refractivity contribution in [1.29, 1.82) is 0 Å². The average molecular weight is 420 g/mol. The number of carbonyl (C=O) groups is 2. The molecular formula is C18H20N4O6S. The maximum absolute atomic E-state index is 12.7. The number of nitro benzene ring substituents is 1. The van der Waals surface area contributed by atoms with Gasteiger partial charge >= 0.3 is 11.8 Å². The molecule has 0 spiro atoms. The molecule has 2 aromatic rings. The van der Waals surface area contributed by atoms with Crippen molar-refractivity contribution in [1.82, 2.24) is 14.5 Å². The second-order valence-electron chi connectivity index (χ2n) is 6.67. The smallest absolute Gasteiger partial charge is 0.410 e. The summed E-state index contributed by atoms with van der Waals surface area (Å²) >= 11 is 1.18. The van der Waals surface area contributed by atoms with Crippen LogP contribution in [0.5, 0.6) is 0 Å². The molecule has 154 valence electrons. The number of H-pyrrole nitrogens is 1. The van der Waals surface area contributed by atoms with Crippen LogP contribution >= 0.6 is 11.8 Å². The Bertz CT molecular complexity index is 954.